The third kappa shape index (κ3) is 3.31. The predicted octanol–water partition coefficient (Wildman–Crippen LogP) is 1.74. The average molecular weight is 207 g/mol. The molecule has 1 amide bonds. The minimum absolute atomic E-state index is 0.115. The van der Waals surface area contributed by atoms with Crippen molar-refractivity contribution in [2.45, 2.75) is 39.7 Å². The molecule has 0 bridgehead atoms. The summed E-state index contributed by atoms with van der Waals surface area (Å²) in [6.07, 6.45) is 0. The van der Waals surface area contributed by atoms with E-state index in [-0.39, 0.29) is 11.9 Å². The third-order valence-electron chi connectivity index (χ3n) is 1.93. The van der Waals surface area contributed by atoms with Crippen molar-refractivity contribution < 1.29 is 4.79 Å². The van der Waals surface area contributed by atoms with Gasteiger partial charge in [0, 0.05) is 6.04 Å². The lowest BCUT2D eigenvalue weighted by atomic mass is 10.1. The quantitative estimate of drug-likeness (QED) is 0.821. The smallest absolute Gasteiger partial charge is 0.271 e. The van der Waals surface area contributed by atoms with Crippen LogP contribution in [0.5, 0.6) is 0 Å². The molecule has 0 aliphatic carbocycles. The van der Waals surface area contributed by atoms with Gasteiger partial charge >= 0.3 is 0 Å². The van der Waals surface area contributed by atoms with Crippen molar-refractivity contribution in [2.75, 3.05) is 0 Å². The van der Waals surface area contributed by atoms with Crippen LogP contribution in [0.4, 0.5) is 0 Å². The Morgan fingerprint density at radius 1 is 1.20 bits per heavy atom. The maximum Gasteiger partial charge on any atom is 0.271 e. The Hall–Kier alpha value is -1.45. The molecule has 82 valence electrons. The van der Waals surface area contributed by atoms with Crippen LogP contribution >= 0.6 is 0 Å². The van der Waals surface area contributed by atoms with Gasteiger partial charge in [-0.2, -0.15) is 5.10 Å². The van der Waals surface area contributed by atoms with Crippen LogP contribution in [0.2, 0.25) is 0 Å². The van der Waals surface area contributed by atoms with Crippen LogP contribution in [0.25, 0.3) is 0 Å². The summed E-state index contributed by atoms with van der Waals surface area (Å²) < 4.78 is 0. The van der Waals surface area contributed by atoms with Crippen LogP contribution in [-0.4, -0.2) is 22.1 Å². The molecular formula is C11H17N3O. The first-order valence-electron chi connectivity index (χ1n) is 5.15. The molecule has 1 heterocycles. The van der Waals surface area contributed by atoms with Gasteiger partial charge in [0.25, 0.3) is 5.91 Å². The van der Waals surface area contributed by atoms with Crippen LogP contribution in [0, 0.1) is 0 Å². The fourth-order valence-electron chi connectivity index (χ4n) is 1.11. The fraction of sp³-hybridized carbons (Fsp3) is 0.545. The summed E-state index contributed by atoms with van der Waals surface area (Å²) in [5.41, 5.74) is 1.27. The fourth-order valence-corrected chi connectivity index (χ4v) is 1.11. The topological polar surface area (TPSA) is 54.9 Å². The van der Waals surface area contributed by atoms with Crippen molar-refractivity contribution in [3.8, 4) is 0 Å². The number of rotatable bonds is 3. The molecule has 0 spiro atoms. The number of nitrogens with one attached hydrogen (secondary N) is 1. The molecule has 1 rings (SSSR count). The number of carbonyl (C=O) groups excluding carboxylic acids is 1. The van der Waals surface area contributed by atoms with Crippen molar-refractivity contribution in [3.05, 3.63) is 23.5 Å². The second-order valence-electron chi connectivity index (χ2n) is 4.13. The molecule has 15 heavy (non-hydrogen) atoms. The molecule has 0 saturated carbocycles. The van der Waals surface area contributed by atoms with Gasteiger partial charge in [0.2, 0.25) is 0 Å². The monoisotopic (exact) mass is 207 g/mol. The normalized spacial score (nSPS) is 10.8. The van der Waals surface area contributed by atoms with Gasteiger partial charge in [-0.15, -0.1) is 5.10 Å². The van der Waals surface area contributed by atoms with Gasteiger partial charge in [-0.3, -0.25) is 4.79 Å². The summed E-state index contributed by atoms with van der Waals surface area (Å²) in [6.45, 7) is 7.90. The minimum Gasteiger partial charge on any atom is -0.348 e. The lowest BCUT2D eigenvalue weighted by Crippen LogP contribution is -2.31. The first-order chi connectivity index (χ1) is 7.00. The number of nitrogens with zero attached hydrogens (tertiary/aromatic N) is 2. The molecule has 4 heteroatoms. The third-order valence-corrected chi connectivity index (χ3v) is 1.93. The molecule has 0 fully saturated rings. The van der Waals surface area contributed by atoms with Crippen LogP contribution in [-0.2, 0) is 0 Å². The summed E-state index contributed by atoms with van der Waals surface area (Å²) in [5, 5.41) is 10.7. The summed E-state index contributed by atoms with van der Waals surface area (Å²) in [7, 11) is 0. The van der Waals surface area contributed by atoms with Gasteiger partial charge in [0.05, 0.1) is 5.69 Å². The first-order valence-corrected chi connectivity index (χ1v) is 5.15. The highest BCUT2D eigenvalue weighted by Gasteiger charge is 2.09. The first kappa shape index (κ1) is 11.6. The zero-order valence-electron chi connectivity index (χ0n) is 9.61. The van der Waals surface area contributed by atoms with E-state index in [9.17, 15) is 4.79 Å². The lowest BCUT2D eigenvalue weighted by Gasteiger charge is -2.08. The van der Waals surface area contributed by atoms with E-state index in [1.165, 1.54) is 0 Å². The molecule has 0 atom stereocenters. The van der Waals surface area contributed by atoms with Gasteiger partial charge in [-0.1, -0.05) is 13.8 Å². The Labute approximate surface area is 90.1 Å². The van der Waals surface area contributed by atoms with Crippen molar-refractivity contribution in [2.24, 2.45) is 0 Å². The highest BCUT2D eigenvalue weighted by molar-refractivity contribution is 5.92. The second kappa shape index (κ2) is 4.87. The van der Waals surface area contributed by atoms with E-state index in [1.807, 2.05) is 33.8 Å². The molecule has 0 aliphatic rings. The number of amides is 1. The Morgan fingerprint density at radius 3 is 2.27 bits per heavy atom. The van der Waals surface area contributed by atoms with Gasteiger partial charge in [0.1, 0.15) is 0 Å². The lowest BCUT2D eigenvalue weighted by molar-refractivity contribution is 0.0937. The van der Waals surface area contributed by atoms with Crippen molar-refractivity contribution in [3.63, 3.8) is 0 Å². The van der Waals surface area contributed by atoms with Gasteiger partial charge in [-0.05, 0) is 31.9 Å². The van der Waals surface area contributed by atoms with E-state index in [1.54, 1.807) is 6.07 Å². The maximum atomic E-state index is 11.5. The molecule has 1 N–H and O–H groups in total. The highest BCUT2D eigenvalue weighted by atomic mass is 16.1. The van der Waals surface area contributed by atoms with E-state index in [4.69, 9.17) is 0 Å². The van der Waals surface area contributed by atoms with Crippen LogP contribution in [0.3, 0.4) is 0 Å². The van der Waals surface area contributed by atoms with E-state index < -0.39 is 0 Å². The SMILES string of the molecule is CC(C)NC(=O)c1ccc(C(C)C)nn1. The van der Waals surface area contributed by atoms with E-state index in [2.05, 4.69) is 15.5 Å². The number of aromatic nitrogens is 2. The number of carbonyl (C=O) groups is 1. The maximum absolute atomic E-state index is 11.5. The highest BCUT2D eigenvalue weighted by Crippen LogP contribution is 2.09. The Kier molecular flexibility index (Phi) is 3.77. The molecule has 0 aromatic carbocycles. The number of hydrogen-bond donors (Lipinski definition) is 1. The largest absolute Gasteiger partial charge is 0.348 e. The minimum atomic E-state index is -0.173. The molecule has 1 aromatic heterocycles. The Morgan fingerprint density at radius 2 is 1.87 bits per heavy atom. The summed E-state index contributed by atoms with van der Waals surface area (Å²) in [5.74, 6) is 0.160. The molecule has 0 aliphatic heterocycles. The Bertz CT molecular complexity index is 330. The molecule has 0 radical (unpaired) electrons. The van der Waals surface area contributed by atoms with Crippen molar-refractivity contribution in [1.82, 2.24) is 15.5 Å². The van der Waals surface area contributed by atoms with Crippen molar-refractivity contribution in [1.29, 1.82) is 0 Å². The summed E-state index contributed by atoms with van der Waals surface area (Å²) >= 11 is 0. The molecule has 4 nitrogen and oxygen atoms in total. The summed E-state index contributed by atoms with van der Waals surface area (Å²) in [6, 6.07) is 3.66. The molecule has 1 aromatic rings. The second-order valence-corrected chi connectivity index (χ2v) is 4.13. The number of hydrogen-bond acceptors (Lipinski definition) is 3. The van der Waals surface area contributed by atoms with E-state index in [0.717, 1.165) is 5.69 Å². The van der Waals surface area contributed by atoms with E-state index in [0.29, 0.717) is 11.6 Å². The molecule has 0 unspecified atom stereocenters. The van der Waals surface area contributed by atoms with Crippen LogP contribution in [0.1, 0.15) is 49.8 Å². The van der Waals surface area contributed by atoms with Crippen LogP contribution in [0.15, 0.2) is 12.1 Å². The van der Waals surface area contributed by atoms with Gasteiger partial charge in [0.15, 0.2) is 5.69 Å². The zero-order valence-corrected chi connectivity index (χ0v) is 9.61. The predicted molar refractivity (Wildman–Crippen MR) is 58.7 cm³/mol. The Balaban J connectivity index is 2.75. The van der Waals surface area contributed by atoms with E-state index >= 15 is 0 Å². The molecule has 0 saturated heterocycles. The zero-order chi connectivity index (χ0) is 11.4. The summed E-state index contributed by atoms with van der Waals surface area (Å²) in [4.78, 5) is 11.5. The van der Waals surface area contributed by atoms with Gasteiger partial charge < -0.3 is 5.32 Å². The van der Waals surface area contributed by atoms with Crippen LogP contribution < -0.4 is 5.32 Å². The van der Waals surface area contributed by atoms with Gasteiger partial charge in [-0.25, -0.2) is 0 Å². The molecular weight excluding hydrogens is 190 g/mol. The van der Waals surface area contributed by atoms with Crippen molar-refractivity contribution >= 4 is 5.91 Å². The standard InChI is InChI=1S/C11H17N3O/c1-7(2)9-5-6-10(14-13-9)11(15)12-8(3)4/h5-8H,1-4H3,(H,12,15). The average Bonchev–Trinajstić information content (AvgIpc) is 2.17.